The van der Waals surface area contributed by atoms with Crippen molar-refractivity contribution in [2.24, 2.45) is 5.92 Å². The number of nitrogens with zero attached hydrogens (tertiary/aromatic N) is 4. The summed E-state index contributed by atoms with van der Waals surface area (Å²) in [7, 11) is 1.67. The second-order valence-corrected chi connectivity index (χ2v) is 10.1. The van der Waals surface area contributed by atoms with Gasteiger partial charge in [0.05, 0.1) is 31.9 Å². The predicted molar refractivity (Wildman–Crippen MR) is 133 cm³/mol. The SMILES string of the molecule is Cc1cc2c(nc1Cl)N1CCN(C(=O)CCOC[C@H](C)NC3CNNC(=O)C3C(F)(F)F)C[C@H]1C(=O)N2C. The maximum atomic E-state index is 13.3. The Morgan fingerprint density at radius 1 is 1.34 bits per heavy atom. The number of carbonyl (C=O) groups excluding carboxylic acids is 3. The number of aryl methyl sites for hydroxylation is 1. The lowest BCUT2D eigenvalue weighted by molar-refractivity contribution is -0.193. The molecule has 2 unspecified atom stereocenters. The van der Waals surface area contributed by atoms with Crippen LogP contribution in [-0.2, 0) is 19.1 Å². The van der Waals surface area contributed by atoms with Gasteiger partial charge in [0.15, 0.2) is 11.7 Å². The van der Waals surface area contributed by atoms with E-state index in [0.29, 0.717) is 29.7 Å². The Bertz CT molecular complexity index is 1090. The molecule has 15 heteroatoms. The average Bonchev–Trinajstić information content (AvgIpc) is 2.85. The molecule has 0 spiro atoms. The van der Waals surface area contributed by atoms with E-state index < -0.39 is 36.1 Å². The molecular weight excluding hydrogens is 531 g/mol. The lowest BCUT2D eigenvalue weighted by Gasteiger charge is -2.46. The van der Waals surface area contributed by atoms with Crippen LogP contribution in [0, 0.1) is 12.8 Å². The van der Waals surface area contributed by atoms with Crippen LogP contribution in [0.25, 0.3) is 0 Å². The van der Waals surface area contributed by atoms with Gasteiger partial charge in [0, 0.05) is 38.8 Å². The molecule has 1 aromatic heterocycles. The number of piperazine rings is 1. The number of ether oxygens (including phenoxy) is 1. The fourth-order valence-corrected chi connectivity index (χ4v) is 5.13. The van der Waals surface area contributed by atoms with Gasteiger partial charge in [-0.1, -0.05) is 11.6 Å². The number of fused-ring (bicyclic) bond motifs is 3. The van der Waals surface area contributed by atoms with Crippen molar-refractivity contribution < 1.29 is 32.3 Å². The van der Waals surface area contributed by atoms with Crippen LogP contribution in [0.1, 0.15) is 18.9 Å². The highest BCUT2D eigenvalue weighted by atomic mass is 35.5. The number of alkyl halides is 3. The molecule has 0 bridgehead atoms. The predicted octanol–water partition coefficient (Wildman–Crippen LogP) is 0.603. The van der Waals surface area contributed by atoms with Gasteiger partial charge in [-0.25, -0.2) is 10.4 Å². The number of hydrogen-bond donors (Lipinski definition) is 3. The molecule has 4 rings (SSSR count). The fraction of sp³-hybridized carbons (Fsp3) is 0.652. The van der Waals surface area contributed by atoms with E-state index >= 15 is 0 Å². The van der Waals surface area contributed by atoms with E-state index in [1.807, 2.05) is 23.3 Å². The van der Waals surface area contributed by atoms with Gasteiger partial charge < -0.3 is 24.8 Å². The van der Waals surface area contributed by atoms with Crippen LogP contribution in [0.5, 0.6) is 0 Å². The van der Waals surface area contributed by atoms with Gasteiger partial charge in [0.1, 0.15) is 11.2 Å². The molecule has 11 nitrogen and oxygen atoms in total. The van der Waals surface area contributed by atoms with Crippen LogP contribution in [0.2, 0.25) is 5.15 Å². The maximum Gasteiger partial charge on any atom is 0.402 e. The van der Waals surface area contributed by atoms with Gasteiger partial charge in [0.2, 0.25) is 11.8 Å². The summed E-state index contributed by atoms with van der Waals surface area (Å²) in [5, 5.41) is 3.15. The summed E-state index contributed by atoms with van der Waals surface area (Å²) < 4.78 is 45.4. The molecule has 3 aliphatic rings. The van der Waals surface area contributed by atoms with Crippen molar-refractivity contribution >= 4 is 40.8 Å². The number of hydrazine groups is 1. The first-order chi connectivity index (χ1) is 17.9. The number of carbonyl (C=O) groups is 3. The van der Waals surface area contributed by atoms with Crippen LogP contribution >= 0.6 is 11.6 Å². The molecule has 3 N–H and O–H groups in total. The number of aromatic nitrogens is 1. The third-order valence-electron chi connectivity index (χ3n) is 6.99. The van der Waals surface area contributed by atoms with Gasteiger partial charge in [-0.05, 0) is 25.5 Å². The standard InChI is InChI=1S/C23H31ClF3N7O4/c1-12-8-15-20(30-19(12)24)34-6-5-33(10-16(34)22(37)32(15)3)17(35)4-7-38-11-13(2)29-14-9-28-31-21(36)18(14)23(25,26)27/h8,13-14,16,18,28-29H,4-7,9-11H2,1-3H3,(H,31,36)/t13-,14?,16-,18?/m0/s1. The van der Waals surface area contributed by atoms with Gasteiger partial charge in [-0.15, -0.1) is 0 Å². The minimum absolute atomic E-state index is 0.0539. The fourth-order valence-electron chi connectivity index (χ4n) is 4.99. The molecule has 0 aromatic carbocycles. The number of halogens is 4. The molecule has 4 heterocycles. The summed E-state index contributed by atoms with van der Waals surface area (Å²) >= 11 is 6.23. The summed E-state index contributed by atoms with van der Waals surface area (Å²) in [4.78, 5) is 47.1. The number of pyridine rings is 1. The Labute approximate surface area is 222 Å². The molecule has 1 aromatic rings. The molecule has 210 valence electrons. The Morgan fingerprint density at radius 2 is 2.08 bits per heavy atom. The van der Waals surface area contributed by atoms with Crippen molar-refractivity contribution in [2.45, 2.75) is 44.6 Å². The minimum atomic E-state index is -4.68. The first-order valence-electron chi connectivity index (χ1n) is 12.3. The summed E-state index contributed by atoms with van der Waals surface area (Å²) in [6, 6.07) is -0.393. The minimum Gasteiger partial charge on any atom is -0.379 e. The number of nitrogens with one attached hydrogen (secondary N) is 3. The Hall–Kier alpha value is -2.68. The van der Waals surface area contributed by atoms with Crippen molar-refractivity contribution in [3.8, 4) is 0 Å². The summed E-state index contributed by atoms with van der Waals surface area (Å²) in [6.45, 7) is 4.50. The highest BCUT2D eigenvalue weighted by Crippen LogP contribution is 2.37. The van der Waals surface area contributed by atoms with Crippen LogP contribution in [0.15, 0.2) is 6.07 Å². The number of hydrogen-bond acceptors (Lipinski definition) is 8. The monoisotopic (exact) mass is 561 g/mol. The third-order valence-corrected chi connectivity index (χ3v) is 7.37. The molecule has 4 atom stereocenters. The topological polar surface area (TPSA) is 119 Å². The zero-order chi connectivity index (χ0) is 27.8. The van der Waals surface area contributed by atoms with Crippen LogP contribution < -0.4 is 26.0 Å². The lowest BCUT2D eigenvalue weighted by atomic mass is 9.96. The third kappa shape index (κ3) is 5.82. The lowest BCUT2D eigenvalue weighted by Crippen LogP contribution is -2.65. The molecule has 0 radical (unpaired) electrons. The van der Waals surface area contributed by atoms with E-state index in [9.17, 15) is 27.6 Å². The smallest absolute Gasteiger partial charge is 0.379 e. The second-order valence-electron chi connectivity index (χ2n) is 9.77. The molecule has 2 fully saturated rings. The van der Waals surface area contributed by atoms with Crippen molar-refractivity contribution in [1.82, 2.24) is 26.1 Å². The van der Waals surface area contributed by atoms with Crippen molar-refractivity contribution in [3.63, 3.8) is 0 Å². The second kappa shape index (κ2) is 11.2. The average molecular weight is 562 g/mol. The zero-order valence-corrected chi connectivity index (χ0v) is 22.0. The highest BCUT2D eigenvalue weighted by molar-refractivity contribution is 6.30. The number of amides is 3. The van der Waals surface area contributed by atoms with Gasteiger partial charge >= 0.3 is 6.18 Å². The molecule has 3 amide bonds. The first-order valence-corrected chi connectivity index (χ1v) is 12.7. The van der Waals surface area contributed by atoms with E-state index in [-0.39, 0.29) is 44.5 Å². The van der Waals surface area contributed by atoms with E-state index in [0.717, 1.165) is 5.56 Å². The summed E-state index contributed by atoms with van der Waals surface area (Å²) in [5.41, 5.74) is 5.91. The summed E-state index contributed by atoms with van der Waals surface area (Å²) in [5.74, 6) is -3.03. The van der Waals surface area contributed by atoms with Crippen LogP contribution in [0.3, 0.4) is 0 Å². The normalized spacial score (nSPS) is 24.6. The molecule has 3 aliphatic heterocycles. The number of likely N-dealkylation sites (N-methyl/N-ethyl adjacent to an activating group) is 1. The van der Waals surface area contributed by atoms with E-state index in [2.05, 4.69) is 15.7 Å². The molecule has 2 saturated heterocycles. The molecule has 0 saturated carbocycles. The van der Waals surface area contributed by atoms with Crippen molar-refractivity contribution in [2.75, 3.05) is 56.2 Å². The highest BCUT2D eigenvalue weighted by Gasteiger charge is 2.51. The van der Waals surface area contributed by atoms with E-state index in [1.54, 1.807) is 18.9 Å². The van der Waals surface area contributed by atoms with E-state index in [1.165, 1.54) is 4.90 Å². The Kier molecular flexibility index (Phi) is 8.35. The zero-order valence-electron chi connectivity index (χ0n) is 21.3. The van der Waals surface area contributed by atoms with Crippen molar-refractivity contribution in [3.05, 3.63) is 16.8 Å². The number of rotatable bonds is 7. The van der Waals surface area contributed by atoms with Gasteiger partial charge in [0.25, 0.3) is 5.91 Å². The Morgan fingerprint density at radius 3 is 2.79 bits per heavy atom. The largest absolute Gasteiger partial charge is 0.402 e. The number of anilines is 2. The molecule has 0 aliphatic carbocycles. The van der Waals surface area contributed by atoms with Crippen molar-refractivity contribution in [1.29, 1.82) is 0 Å². The van der Waals surface area contributed by atoms with Crippen LogP contribution in [-0.4, -0.2) is 98.3 Å². The summed E-state index contributed by atoms with van der Waals surface area (Å²) in [6.07, 6.45) is -4.62. The van der Waals surface area contributed by atoms with Crippen LogP contribution in [0.4, 0.5) is 24.7 Å². The molecular formula is C23H31ClF3N7O4. The van der Waals surface area contributed by atoms with Gasteiger partial charge in [-0.2, -0.15) is 13.2 Å². The first kappa shape index (κ1) is 28.3. The maximum absolute atomic E-state index is 13.3. The van der Waals surface area contributed by atoms with E-state index in [4.69, 9.17) is 16.3 Å². The quantitative estimate of drug-likeness (QED) is 0.327. The van der Waals surface area contributed by atoms with Gasteiger partial charge in [-0.3, -0.25) is 19.8 Å². The Balaban J connectivity index is 1.26. The molecule has 38 heavy (non-hydrogen) atoms.